The molecule has 8 aromatic carbocycles. The maximum absolute atomic E-state index is 5.28. The second-order valence-electron chi connectivity index (χ2n) is 13.8. The van der Waals surface area contributed by atoms with Gasteiger partial charge in [0.25, 0.3) is 0 Å². The molecule has 252 valence electrons. The molecule has 0 saturated heterocycles. The van der Waals surface area contributed by atoms with Crippen LogP contribution in [0.5, 0.6) is 0 Å². The highest BCUT2D eigenvalue weighted by Gasteiger charge is 2.21. The minimum atomic E-state index is 0.704. The number of nitrogens with zero attached hydrogens (tertiary/aromatic N) is 4. The van der Waals surface area contributed by atoms with E-state index < -0.39 is 0 Å². The Hall–Kier alpha value is -7.30. The van der Waals surface area contributed by atoms with Crippen LogP contribution in [0.3, 0.4) is 0 Å². The summed E-state index contributed by atoms with van der Waals surface area (Å²) in [6.45, 7) is 0. The largest absolute Gasteiger partial charge is 0.309 e. The van der Waals surface area contributed by atoms with Crippen molar-refractivity contribution in [2.75, 3.05) is 0 Å². The van der Waals surface area contributed by atoms with Crippen LogP contribution in [0.2, 0.25) is 0 Å². The fourth-order valence-corrected chi connectivity index (χ4v) is 8.35. The number of aromatic nitrogens is 4. The van der Waals surface area contributed by atoms with Gasteiger partial charge >= 0.3 is 0 Å². The van der Waals surface area contributed by atoms with Crippen molar-refractivity contribution in [3.8, 4) is 45.3 Å². The smallest absolute Gasteiger partial charge is 0.160 e. The third-order valence-corrected chi connectivity index (χ3v) is 10.7. The van der Waals surface area contributed by atoms with Gasteiger partial charge in [-0.1, -0.05) is 140 Å². The Morgan fingerprint density at radius 2 is 0.833 bits per heavy atom. The van der Waals surface area contributed by atoms with Crippen molar-refractivity contribution in [2.24, 2.45) is 0 Å². The molecule has 0 N–H and O–H groups in total. The molecule has 0 aliphatic heterocycles. The summed E-state index contributed by atoms with van der Waals surface area (Å²) < 4.78 is 4.83. The Morgan fingerprint density at radius 1 is 0.333 bits per heavy atom. The lowest BCUT2D eigenvalue weighted by molar-refractivity contribution is 1.17. The molecule has 11 aromatic rings. The zero-order valence-corrected chi connectivity index (χ0v) is 29.3. The van der Waals surface area contributed by atoms with Gasteiger partial charge in [-0.3, -0.25) is 0 Å². The van der Waals surface area contributed by atoms with Crippen LogP contribution in [-0.4, -0.2) is 19.1 Å². The first-order valence-corrected chi connectivity index (χ1v) is 18.3. The lowest BCUT2D eigenvalue weighted by Crippen LogP contribution is -1.99. The van der Waals surface area contributed by atoms with Crippen LogP contribution in [0.1, 0.15) is 0 Å². The van der Waals surface area contributed by atoms with E-state index in [4.69, 9.17) is 9.97 Å². The van der Waals surface area contributed by atoms with Crippen molar-refractivity contribution in [1.82, 2.24) is 19.1 Å². The fraction of sp³-hybridized carbons (Fsp3) is 0. The van der Waals surface area contributed by atoms with Gasteiger partial charge in [0, 0.05) is 49.6 Å². The number of rotatable bonds is 5. The molecule has 54 heavy (non-hydrogen) atoms. The number of fused-ring (bicyclic) bond motifs is 8. The zero-order valence-electron chi connectivity index (χ0n) is 29.3. The van der Waals surface area contributed by atoms with Crippen LogP contribution in [0.4, 0.5) is 0 Å². The predicted molar refractivity (Wildman–Crippen MR) is 225 cm³/mol. The van der Waals surface area contributed by atoms with E-state index in [2.05, 4.69) is 179 Å². The molecule has 0 radical (unpaired) electrons. The van der Waals surface area contributed by atoms with E-state index in [0.29, 0.717) is 5.82 Å². The predicted octanol–water partition coefficient (Wildman–Crippen LogP) is 12.8. The summed E-state index contributed by atoms with van der Waals surface area (Å²) in [5.41, 5.74) is 11.8. The van der Waals surface area contributed by atoms with Gasteiger partial charge in [-0.15, -0.1) is 0 Å². The molecule has 0 bridgehead atoms. The standard InChI is InChI=1S/C50H32N4/c1-4-16-33(17-5-1)42-32-43(52-50(51-42)34-18-6-2-7-19-34)41-31-37(30-35-20-10-11-23-38(35)41)54-45-27-15-13-25-40(45)49-47(54)29-28-46-48(49)39-24-12-14-26-44(39)53(46)36-21-8-3-9-22-36/h1-32H. The molecule has 0 unspecified atom stereocenters. The van der Waals surface area contributed by atoms with Gasteiger partial charge in [-0.25, -0.2) is 9.97 Å². The average molecular weight is 689 g/mol. The average Bonchev–Trinajstić information content (AvgIpc) is 3.77. The van der Waals surface area contributed by atoms with E-state index in [9.17, 15) is 0 Å². The first-order chi connectivity index (χ1) is 26.8. The molecule has 3 aromatic heterocycles. The van der Waals surface area contributed by atoms with Crippen LogP contribution < -0.4 is 0 Å². The third-order valence-electron chi connectivity index (χ3n) is 10.7. The number of hydrogen-bond donors (Lipinski definition) is 0. The molecule has 0 spiro atoms. The highest BCUT2D eigenvalue weighted by molar-refractivity contribution is 6.29. The quantitative estimate of drug-likeness (QED) is 0.180. The maximum Gasteiger partial charge on any atom is 0.160 e. The summed E-state index contributed by atoms with van der Waals surface area (Å²) in [5.74, 6) is 0.704. The van der Waals surface area contributed by atoms with Crippen LogP contribution in [-0.2, 0) is 0 Å². The van der Waals surface area contributed by atoms with Crippen molar-refractivity contribution in [2.45, 2.75) is 0 Å². The summed E-state index contributed by atoms with van der Waals surface area (Å²) in [5, 5.41) is 7.28. The van der Waals surface area contributed by atoms with E-state index in [1.54, 1.807) is 0 Å². The van der Waals surface area contributed by atoms with Crippen molar-refractivity contribution >= 4 is 54.4 Å². The van der Waals surface area contributed by atoms with Crippen molar-refractivity contribution in [1.29, 1.82) is 0 Å². The highest BCUT2D eigenvalue weighted by Crippen LogP contribution is 2.43. The van der Waals surface area contributed by atoms with Crippen LogP contribution in [0.15, 0.2) is 194 Å². The molecule has 11 rings (SSSR count). The normalized spacial score (nSPS) is 11.7. The molecule has 0 saturated carbocycles. The van der Waals surface area contributed by atoms with Gasteiger partial charge in [0.2, 0.25) is 0 Å². The Kier molecular flexibility index (Phi) is 6.82. The highest BCUT2D eigenvalue weighted by atomic mass is 15.0. The van der Waals surface area contributed by atoms with Crippen molar-refractivity contribution in [3.05, 3.63) is 194 Å². The topological polar surface area (TPSA) is 35.6 Å². The van der Waals surface area contributed by atoms with E-state index in [-0.39, 0.29) is 0 Å². The maximum atomic E-state index is 5.28. The third kappa shape index (κ3) is 4.70. The molecular weight excluding hydrogens is 657 g/mol. The van der Waals surface area contributed by atoms with Gasteiger partial charge in [0.1, 0.15) is 0 Å². The Labute approximate surface area is 311 Å². The Morgan fingerprint density at radius 3 is 1.48 bits per heavy atom. The SMILES string of the molecule is c1ccc(-c2cc(-c3cc(-n4c5ccccc5c5c6c7ccccc7n(-c7ccccc7)c6ccc54)cc4ccccc34)nc(-c3ccccc3)n2)cc1. The lowest BCUT2D eigenvalue weighted by Gasteiger charge is -2.15. The Bertz CT molecular complexity index is 3140. The molecule has 0 atom stereocenters. The van der Waals surface area contributed by atoms with Crippen molar-refractivity contribution in [3.63, 3.8) is 0 Å². The van der Waals surface area contributed by atoms with Gasteiger partial charge in [0.15, 0.2) is 5.82 Å². The van der Waals surface area contributed by atoms with E-state index in [1.807, 2.05) is 24.3 Å². The van der Waals surface area contributed by atoms with Crippen LogP contribution in [0.25, 0.3) is 99.7 Å². The summed E-state index contributed by atoms with van der Waals surface area (Å²) in [7, 11) is 0. The fourth-order valence-electron chi connectivity index (χ4n) is 8.35. The molecule has 0 aliphatic carbocycles. The van der Waals surface area contributed by atoms with Gasteiger partial charge in [-0.05, 0) is 65.4 Å². The van der Waals surface area contributed by atoms with Crippen molar-refractivity contribution < 1.29 is 0 Å². The van der Waals surface area contributed by atoms with Crippen LogP contribution >= 0.6 is 0 Å². The second-order valence-corrected chi connectivity index (χ2v) is 13.8. The first-order valence-electron chi connectivity index (χ1n) is 18.3. The molecule has 0 amide bonds. The van der Waals surface area contributed by atoms with Gasteiger partial charge < -0.3 is 9.13 Å². The minimum absolute atomic E-state index is 0.704. The number of benzene rings is 8. The molecule has 0 aliphatic rings. The molecule has 0 fully saturated rings. The van der Waals surface area contributed by atoms with E-state index in [0.717, 1.165) is 55.7 Å². The summed E-state index contributed by atoms with van der Waals surface area (Å²) in [6.07, 6.45) is 0. The van der Waals surface area contributed by atoms with E-state index >= 15 is 0 Å². The Balaban J connectivity index is 1.22. The summed E-state index contributed by atoms with van der Waals surface area (Å²) in [4.78, 5) is 10.4. The summed E-state index contributed by atoms with van der Waals surface area (Å²) in [6, 6.07) is 69.0. The molecule has 4 heteroatoms. The monoisotopic (exact) mass is 688 g/mol. The zero-order chi connectivity index (χ0) is 35.6. The number of para-hydroxylation sites is 3. The number of hydrogen-bond acceptors (Lipinski definition) is 2. The van der Waals surface area contributed by atoms with Crippen LogP contribution in [0, 0.1) is 0 Å². The molecule has 4 nitrogen and oxygen atoms in total. The summed E-state index contributed by atoms with van der Waals surface area (Å²) >= 11 is 0. The lowest BCUT2D eigenvalue weighted by atomic mass is 9.99. The minimum Gasteiger partial charge on any atom is -0.309 e. The van der Waals surface area contributed by atoms with Gasteiger partial charge in [-0.2, -0.15) is 0 Å². The van der Waals surface area contributed by atoms with Gasteiger partial charge in [0.05, 0.1) is 33.5 Å². The molecular formula is C50H32N4. The molecule has 3 heterocycles. The first kappa shape index (κ1) is 30.3. The second kappa shape index (κ2) is 12.1. The van der Waals surface area contributed by atoms with E-state index in [1.165, 1.54) is 38.1 Å².